The van der Waals surface area contributed by atoms with E-state index in [4.69, 9.17) is 9.72 Å². The molecule has 0 amide bonds. The molecule has 5 nitrogen and oxygen atoms in total. The zero-order valence-electron chi connectivity index (χ0n) is 31.9. The van der Waals surface area contributed by atoms with E-state index in [-0.39, 0.29) is 38.6 Å². The molecule has 0 atom stereocenters. The molecule has 0 unspecified atom stereocenters. The number of anilines is 6. The van der Waals surface area contributed by atoms with Crippen molar-refractivity contribution in [1.82, 2.24) is 9.97 Å². The Kier molecular flexibility index (Phi) is 9.30. The van der Waals surface area contributed by atoms with Gasteiger partial charge in [-0.3, -0.25) is 0 Å². The van der Waals surface area contributed by atoms with E-state index in [1.165, 1.54) is 16.6 Å². The summed E-state index contributed by atoms with van der Waals surface area (Å²) in [6, 6.07) is 52.6. The van der Waals surface area contributed by atoms with Crippen molar-refractivity contribution in [2.75, 3.05) is 9.80 Å². The standard InChI is InChI=1S/C48H41BN4O.Pt/c1-47(2,3)33-17-21-35(22-18-33)52-41-26-16-32(40-12-7-9-28-50-40)30-38(41)49-39-31-37(54-45-15-8-10-29-51-45)25-27-42(39)53(44-14-11-13-43(52)46(44)49)36-23-19-34(20-24-36)48(4,5)6;/h7-29H,1-6H3;/q-2;+2. The molecule has 0 radical (unpaired) electrons. The summed E-state index contributed by atoms with van der Waals surface area (Å²) >= 11 is 0. The third-order valence-corrected chi connectivity index (χ3v) is 10.5. The molecule has 2 aromatic heterocycles. The molecule has 0 aliphatic carbocycles. The van der Waals surface area contributed by atoms with Crippen LogP contribution in [0, 0.1) is 12.1 Å². The summed E-state index contributed by atoms with van der Waals surface area (Å²) in [5, 5.41) is 0. The topological polar surface area (TPSA) is 41.5 Å². The number of aromatic nitrogens is 2. The molecule has 4 heterocycles. The fourth-order valence-electron chi connectivity index (χ4n) is 7.76. The molecule has 7 heteroatoms. The third-order valence-electron chi connectivity index (χ3n) is 10.5. The van der Waals surface area contributed by atoms with Crippen LogP contribution in [0.25, 0.3) is 11.3 Å². The molecule has 0 saturated heterocycles. The van der Waals surface area contributed by atoms with Crippen LogP contribution >= 0.6 is 0 Å². The average Bonchev–Trinajstić information content (AvgIpc) is 3.18. The summed E-state index contributed by atoms with van der Waals surface area (Å²) in [5.41, 5.74) is 14.3. The Balaban J connectivity index is 0.00000427. The van der Waals surface area contributed by atoms with Gasteiger partial charge in [0.05, 0.1) is 0 Å². The Morgan fingerprint density at radius 1 is 0.527 bits per heavy atom. The number of pyridine rings is 2. The van der Waals surface area contributed by atoms with Crippen LogP contribution in [-0.4, -0.2) is 16.7 Å². The molecule has 7 aromatic rings. The van der Waals surface area contributed by atoms with Gasteiger partial charge in [-0.2, -0.15) is 5.46 Å². The normalized spacial score (nSPS) is 13.0. The predicted molar refractivity (Wildman–Crippen MR) is 223 cm³/mol. The van der Waals surface area contributed by atoms with Crippen molar-refractivity contribution in [2.45, 2.75) is 52.4 Å². The molecule has 55 heavy (non-hydrogen) atoms. The fourth-order valence-corrected chi connectivity index (χ4v) is 7.76. The van der Waals surface area contributed by atoms with Crippen molar-refractivity contribution >= 4 is 57.2 Å². The van der Waals surface area contributed by atoms with E-state index in [0.717, 1.165) is 56.3 Å². The minimum atomic E-state index is -0.188. The monoisotopic (exact) mass is 895 g/mol. The first-order valence-corrected chi connectivity index (χ1v) is 18.6. The van der Waals surface area contributed by atoms with Crippen LogP contribution in [0.15, 0.2) is 140 Å². The Bertz CT molecular complexity index is 2480. The molecule has 9 rings (SSSR count). The minimum absolute atomic E-state index is 0. The first-order chi connectivity index (χ1) is 26.0. The van der Waals surface area contributed by atoms with Crippen LogP contribution in [0.4, 0.5) is 34.1 Å². The summed E-state index contributed by atoms with van der Waals surface area (Å²) in [6.07, 6.45) is 3.58. The summed E-state index contributed by atoms with van der Waals surface area (Å²) in [5.74, 6) is 1.14. The van der Waals surface area contributed by atoms with E-state index in [9.17, 15) is 0 Å². The number of fused-ring (bicyclic) bond motifs is 4. The number of benzene rings is 5. The van der Waals surface area contributed by atoms with Gasteiger partial charge in [0.2, 0.25) is 12.6 Å². The maximum Gasteiger partial charge on any atom is 2.00 e. The van der Waals surface area contributed by atoms with Crippen LogP contribution in [0.3, 0.4) is 0 Å². The molecule has 0 N–H and O–H groups in total. The largest absolute Gasteiger partial charge is 2.00 e. The van der Waals surface area contributed by atoms with Crippen molar-refractivity contribution in [3.8, 4) is 22.9 Å². The van der Waals surface area contributed by atoms with Gasteiger partial charge in [-0.15, -0.1) is 47.4 Å². The summed E-state index contributed by atoms with van der Waals surface area (Å²) in [6.45, 7) is 13.3. The van der Waals surface area contributed by atoms with Crippen molar-refractivity contribution in [3.05, 3.63) is 163 Å². The molecule has 5 aromatic carbocycles. The second-order valence-electron chi connectivity index (χ2n) is 16.2. The van der Waals surface area contributed by atoms with E-state index in [1.807, 2.05) is 48.7 Å². The van der Waals surface area contributed by atoms with Gasteiger partial charge in [-0.25, -0.2) is 4.98 Å². The predicted octanol–water partition coefficient (Wildman–Crippen LogP) is 10.2. The molecule has 0 spiro atoms. The van der Waals surface area contributed by atoms with Crippen molar-refractivity contribution < 1.29 is 25.8 Å². The van der Waals surface area contributed by atoms with Gasteiger partial charge in [0.1, 0.15) is 0 Å². The number of hydrogen-bond donors (Lipinski definition) is 0. The first kappa shape index (κ1) is 36.5. The van der Waals surface area contributed by atoms with Gasteiger partial charge < -0.3 is 19.5 Å². The zero-order valence-corrected chi connectivity index (χ0v) is 34.1. The SMILES string of the molecule is CC(C)(C)c1ccc(N2c3ccc(Oc4ccccn4)[c-]c3B3c4[c-]c(-c5ccccn5)ccc4N(c4ccc(C(C)(C)C)cc4)c4cccc2c43)cc1.[Pt+2]. The zero-order chi connectivity index (χ0) is 37.2. The Morgan fingerprint density at radius 2 is 1.07 bits per heavy atom. The van der Waals surface area contributed by atoms with Crippen LogP contribution in [0.5, 0.6) is 11.6 Å². The second kappa shape index (κ2) is 14.0. The maximum atomic E-state index is 6.36. The van der Waals surface area contributed by atoms with Gasteiger partial charge in [0.25, 0.3) is 0 Å². The first-order valence-electron chi connectivity index (χ1n) is 18.6. The van der Waals surface area contributed by atoms with Crippen LogP contribution < -0.4 is 30.9 Å². The Morgan fingerprint density at radius 3 is 1.60 bits per heavy atom. The quantitative estimate of drug-likeness (QED) is 0.127. The van der Waals surface area contributed by atoms with E-state index in [2.05, 4.69) is 153 Å². The Labute approximate surface area is 339 Å². The number of rotatable bonds is 5. The summed E-state index contributed by atoms with van der Waals surface area (Å²) in [4.78, 5) is 14.0. The number of nitrogens with zero attached hydrogens (tertiary/aromatic N) is 4. The van der Waals surface area contributed by atoms with E-state index < -0.39 is 0 Å². The Hall–Kier alpha value is -5.45. The maximum absolute atomic E-state index is 6.36. The van der Waals surface area contributed by atoms with Gasteiger partial charge in [0.15, 0.2) is 0 Å². The second-order valence-corrected chi connectivity index (χ2v) is 16.2. The van der Waals surface area contributed by atoms with Gasteiger partial charge in [-0.1, -0.05) is 95.8 Å². The van der Waals surface area contributed by atoms with Gasteiger partial charge >= 0.3 is 21.1 Å². The number of hydrogen-bond acceptors (Lipinski definition) is 5. The molecule has 0 bridgehead atoms. The van der Waals surface area contributed by atoms with Gasteiger partial charge in [-0.05, 0) is 87.3 Å². The molecule has 272 valence electrons. The van der Waals surface area contributed by atoms with E-state index in [1.54, 1.807) is 6.20 Å². The third kappa shape index (κ3) is 6.57. The molecule has 2 aliphatic rings. The smallest absolute Gasteiger partial charge is 0.466 e. The van der Waals surface area contributed by atoms with Crippen LogP contribution in [0.2, 0.25) is 0 Å². The summed E-state index contributed by atoms with van der Waals surface area (Å²) < 4.78 is 6.36. The number of ether oxygens (including phenoxy) is 1. The van der Waals surface area contributed by atoms with Crippen molar-refractivity contribution in [1.29, 1.82) is 0 Å². The molecule has 0 fully saturated rings. The van der Waals surface area contributed by atoms with Gasteiger partial charge in [0, 0.05) is 47.0 Å². The average molecular weight is 896 g/mol. The van der Waals surface area contributed by atoms with Crippen LogP contribution in [0.1, 0.15) is 52.7 Å². The van der Waals surface area contributed by atoms with Crippen LogP contribution in [-0.2, 0) is 31.9 Å². The van der Waals surface area contributed by atoms with E-state index in [0.29, 0.717) is 11.6 Å². The van der Waals surface area contributed by atoms with Crippen molar-refractivity contribution in [3.63, 3.8) is 0 Å². The molecular weight excluding hydrogens is 854 g/mol. The summed E-state index contributed by atoms with van der Waals surface area (Å²) in [7, 11) is 0. The van der Waals surface area contributed by atoms with Crippen molar-refractivity contribution in [2.24, 2.45) is 0 Å². The fraction of sp³-hybridized carbons (Fsp3) is 0.167. The molecule has 0 saturated carbocycles. The minimum Gasteiger partial charge on any atom is -0.466 e. The molecular formula is C48H41BN4OPt. The molecule has 2 aliphatic heterocycles. The van der Waals surface area contributed by atoms with E-state index >= 15 is 0 Å².